The minimum atomic E-state index is -0.370. The Hall–Kier alpha value is -1.36. The van der Waals surface area contributed by atoms with Gasteiger partial charge in [0.25, 0.3) is 0 Å². The Morgan fingerprint density at radius 2 is 2.15 bits per heavy atom. The molecule has 1 fully saturated rings. The molecule has 2 heterocycles. The van der Waals surface area contributed by atoms with E-state index < -0.39 is 0 Å². The molecule has 2 amide bonds. The summed E-state index contributed by atoms with van der Waals surface area (Å²) in [6, 6.07) is 3.35. The molecule has 0 bridgehead atoms. The third-order valence-electron chi connectivity index (χ3n) is 3.63. The number of nitrogens with zero attached hydrogens (tertiary/aromatic N) is 1. The fourth-order valence-electron chi connectivity index (χ4n) is 2.51. The molecule has 5 heteroatoms. The molecule has 2 unspecified atom stereocenters. The van der Waals surface area contributed by atoms with Crippen molar-refractivity contribution >= 4 is 23.2 Å². The predicted molar refractivity (Wildman–Crippen MR) is 80.6 cm³/mol. The number of thiophene rings is 1. The van der Waals surface area contributed by atoms with Crippen molar-refractivity contribution in [2.24, 2.45) is 5.92 Å². The van der Waals surface area contributed by atoms with Gasteiger partial charge in [0.05, 0.1) is 0 Å². The van der Waals surface area contributed by atoms with E-state index >= 15 is 0 Å². The molecule has 1 N–H and O–H groups in total. The van der Waals surface area contributed by atoms with Crippen LogP contribution < -0.4 is 5.32 Å². The number of hydrogen-bond acceptors (Lipinski definition) is 3. The minimum Gasteiger partial charge on any atom is -0.343 e. The number of carbonyl (C=O) groups is 2. The molecule has 1 aromatic rings. The van der Waals surface area contributed by atoms with Crippen LogP contribution >= 0.6 is 11.3 Å². The minimum absolute atomic E-state index is 0.0403. The second-order valence-corrected chi connectivity index (χ2v) is 6.76. The van der Waals surface area contributed by atoms with Crippen LogP contribution in [0.4, 0.5) is 0 Å². The highest BCUT2D eigenvalue weighted by atomic mass is 32.1. The number of hydrogen-bond donors (Lipinski definition) is 1. The largest absolute Gasteiger partial charge is 0.343 e. The van der Waals surface area contributed by atoms with Crippen LogP contribution in [-0.2, 0) is 16.0 Å². The van der Waals surface area contributed by atoms with E-state index in [1.165, 1.54) is 4.88 Å². The van der Waals surface area contributed by atoms with Crippen molar-refractivity contribution in [1.82, 2.24) is 10.2 Å². The third kappa shape index (κ3) is 3.39. The Balaban J connectivity index is 2.03. The summed E-state index contributed by atoms with van der Waals surface area (Å²) in [6.07, 6.45) is 1.52. The second kappa shape index (κ2) is 6.39. The van der Waals surface area contributed by atoms with Crippen molar-refractivity contribution < 1.29 is 9.59 Å². The summed E-state index contributed by atoms with van der Waals surface area (Å²) in [5.74, 6) is 0.403. The fraction of sp³-hybridized carbons (Fsp3) is 0.600. The summed E-state index contributed by atoms with van der Waals surface area (Å²) in [7, 11) is 0. The third-order valence-corrected chi connectivity index (χ3v) is 4.57. The lowest BCUT2D eigenvalue weighted by Crippen LogP contribution is -2.62. The van der Waals surface area contributed by atoms with E-state index in [1.54, 1.807) is 23.2 Å². The Kier molecular flexibility index (Phi) is 4.81. The highest BCUT2D eigenvalue weighted by molar-refractivity contribution is 7.09. The summed E-state index contributed by atoms with van der Waals surface area (Å²) >= 11 is 1.69. The first-order valence-corrected chi connectivity index (χ1v) is 8.00. The molecule has 1 saturated heterocycles. The van der Waals surface area contributed by atoms with Crippen LogP contribution in [0.25, 0.3) is 0 Å². The van der Waals surface area contributed by atoms with E-state index in [0.717, 1.165) is 6.42 Å². The zero-order valence-corrected chi connectivity index (χ0v) is 13.1. The van der Waals surface area contributed by atoms with E-state index in [1.807, 2.05) is 11.4 Å². The van der Waals surface area contributed by atoms with Gasteiger partial charge in [-0.3, -0.25) is 9.59 Å². The number of piperazine rings is 1. The van der Waals surface area contributed by atoms with Crippen LogP contribution in [0.15, 0.2) is 17.5 Å². The standard InChI is InChI=1S/C15H22N2O2S/c1-10(2)9-13-15(19)17(11(3)14(18)16-13)7-6-12-5-4-8-20-12/h4-5,8,10-11,13H,6-7,9H2,1-3H3,(H,16,18). The Labute approximate surface area is 124 Å². The van der Waals surface area contributed by atoms with Gasteiger partial charge in [-0.2, -0.15) is 0 Å². The van der Waals surface area contributed by atoms with Gasteiger partial charge in [-0.1, -0.05) is 19.9 Å². The van der Waals surface area contributed by atoms with Gasteiger partial charge in [-0.25, -0.2) is 0 Å². The number of rotatable bonds is 5. The average molecular weight is 294 g/mol. The maximum atomic E-state index is 12.5. The van der Waals surface area contributed by atoms with Gasteiger partial charge in [0.15, 0.2) is 0 Å². The van der Waals surface area contributed by atoms with Crippen molar-refractivity contribution in [1.29, 1.82) is 0 Å². The first kappa shape index (κ1) is 15.0. The molecule has 0 saturated carbocycles. The summed E-state index contributed by atoms with van der Waals surface area (Å²) < 4.78 is 0. The molecular formula is C15H22N2O2S. The van der Waals surface area contributed by atoms with E-state index in [9.17, 15) is 9.59 Å². The zero-order chi connectivity index (χ0) is 14.7. The topological polar surface area (TPSA) is 49.4 Å². The Bertz CT molecular complexity index is 470. The molecule has 0 radical (unpaired) electrons. The maximum Gasteiger partial charge on any atom is 0.245 e. The van der Waals surface area contributed by atoms with Crippen LogP contribution in [0, 0.1) is 5.92 Å². The maximum absolute atomic E-state index is 12.5. The summed E-state index contributed by atoms with van der Waals surface area (Å²) in [6.45, 7) is 6.54. The van der Waals surface area contributed by atoms with Gasteiger partial charge in [-0.05, 0) is 37.1 Å². The Morgan fingerprint density at radius 1 is 1.40 bits per heavy atom. The second-order valence-electron chi connectivity index (χ2n) is 5.73. The Morgan fingerprint density at radius 3 is 2.75 bits per heavy atom. The number of amides is 2. The average Bonchev–Trinajstić information content (AvgIpc) is 2.88. The smallest absolute Gasteiger partial charge is 0.245 e. The lowest BCUT2D eigenvalue weighted by Gasteiger charge is -2.38. The highest BCUT2D eigenvalue weighted by Gasteiger charge is 2.37. The fourth-order valence-corrected chi connectivity index (χ4v) is 3.21. The van der Waals surface area contributed by atoms with Gasteiger partial charge < -0.3 is 10.2 Å². The van der Waals surface area contributed by atoms with Gasteiger partial charge in [0, 0.05) is 11.4 Å². The van der Waals surface area contributed by atoms with Gasteiger partial charge in [0.2, 0.25) is 11.8 Å². The van der Waals surface area contributed by atoms with Crippen molar-refractivity contribution in [3.8, 4) is 0 Å². The highest BCUT2D eigenvalue weighted by Crippen LogP contribution is 2.17. The lowest BCUT2D eigenvalue weighted by molar-refractivity contribution is -0.149. The van der Waals surface area contributed by atoms with E-state index in [2.05, 4.69) is 25.2 Å². The quantitative estimate of drug-likeness (QED) is 0.903. The molecule has 2 atom stereocenters. The van der Waals surface area contributed by atoms with Crippen molar-refractivity contribution in [3.63, 3.8) is 0 Å². The van der Waals surface area contributed by atoms with Crippen LogP contribution in [-0.4, -0.2) is 35.3 Å². The van der Waals surface area contributed by atoms with Crippen LogP contribution in [0.2, 0.25) is 0 Å². The van der Waals surface area contributed by atoms with Crippen molar-refractivity contribution in [2.45, 2.75) is 45.7 Å². The van der Waals surface area contributed by atoms with Crippen LogP contribution in [0.3, 0.4) is 0 Å². The molecule has 1 aliphatic heterocycles. The SMILES string of the molecule is CC(C)CC1NC(=O)C(C)N(CCc2cccs2)C1=O. The first-order valence-electron chi connectivity index (χ1n) is 7.12. The summed E-state index contributed by atoms with van der Waals surface area (Å²) in [4.78, 5) is 27.5. The molecule has 2 rings (SSSR count). The van der Waals surface area contributed by atoms with Crippen molar-refractivity contribution in [3.05, 3.63) is 22.4 Å². The zero-order valence-electron chi connectivity index (χ0n) is 12.3. The number of carbonyl (C=O) groups excluding carboxylic acids is 2. The predicted octanol–water partition coefficient (Wildman–Crippen LogP) is 2.05. The molecule has 0 aromatic carbocycles. The van der Waals surface area contributed by atoms with Crippen LogP contribution in [0.1, 0.15) is 32.1 Å². The van der Waals surface area contributed by atoms with Crippen molar-refractivity contribution in [2.75, 3.05) is 6.54 Å². The molecule has 4 nitrogen and oxygen atoms in total. The van der Waals surface area contributed by atoms with Gasteiger partial charge in [-0.15, -0.1) is 11.3 Å². The monoisotopic (exact) mass is 294 g/mol. The summed E-state index contributed by atoms with van der Waals surface area (Å²) in [5.41, 5.74) is 0. The normalized spacial score (nSPS) is 23.3. The molecule has 0 spiro atoms. The van der Waals surface area contributed by atoms with E-state index in [4.69, 9.17) is 0 Å². The van der Waals surface area contributed by atoms with Gasteiger partial charge >= 0.3 is 0 Å². The molecular weight excluding hydrogens is 272 g/mol. The van der Waals surface area contributed by atoms with E-state index in [0.29, 0.717) is 18.9 Å². The van der Waals surface area contributed by atoms with E-state index in [-0.39, 0.29) is 23.9 Å². The van der Waals surface area contributed by atoms with Crippen LogP contribution in [0.5, 0.6) is 0 Å². The molecule has 20 heavy (non-hydrogen) atoms. The molecule has 0 aliphatic carbocycles. The summed E-state index contributed by atoms with van der Waals surface area (Å²) in [5, 5.41) is 4.88. The number of nitrogens with one attached hydrogen (secondary N) is 1. The molecule has 110 valence electrons. The lowest BCUT2D eigenvalue weighted by atomic mass is 9.99. The first-order chi connectivity index (χ1) is 9.49. The van der Waals surface area contributed by atoms with Gasteiger partial charge in [0.1, 0.15) is 12.1 Å². The molecule has 1 aliphatic rings. The molecule has 1 aromatic heterocycles.